The van der Waals surface area contributed by atoms with Crippen molar-refractivity contribution in [2.75, 3.05) is 39.1 Å². The van der Waals surface area contributed by atoms with Gasteiger partial charge in [-0.2, -0.15) is 11.8 Å². The molecule has 0 radical (unpaired) electrons. The van der Waals surface area contributed by atoms with Crippen molar-refractivity contribution in [3.05, 3.63) is 0 Å². The van der Waals surface area contributed by atoms with Crippen LogP contribution in [-0.2, 0) is 4.74 Å². The van der Waals surface area contributed by atoms with Crippen molar-refractivity contribution in [1.82, 2.24) is 4.90 Å². The smallest absolute Gasteiger partial charge is 0.0661 e. The SMILES string of the molecule is COCC(CN)(C1CC1)N1CCSC(C)(C)CC1. The number of hydrogen-bond acceptors (Lipinski definition) is 4. The molecule has 1 saturated carbocycles. The largest absolute Gasteiger partial charge is 0.383 e. The molecule has 1 heterocycles. The lowest BCUT2D eigenvalue weighted by Crippen LogP contribution is -2.59. The Morgan fingerprint density at radius 1 is 1.39 bits per heavy atom. The maximum absolute atomic E-state index is 6.16. The standard InChI is InChI=1S/C14H28N2OS/c1-13(2)6-7-16(8-9-18-13)14(10-15,11-17-3)12-4-5-12/h12H,4-11,15H2,1-3H3. The van der Waals surface area contributed by atoms with Gasteiger partial charge in [0.1, 0.15) is 0 Å². The number of nitrogens with zero attached hydrogens (tertiary/aromatic N) is 1. The third-order valence-electron chi connectivity index (χ3n) is 4.55. The molecule has 2 rings (SSSR count). The zero-order chi connectivity index (χ0) is 13.2. The minimum absolute atomic E-state index is 0.107. The van der Waals surface area contributed by atoms with E-state index in [4.69, 9.17) is 10.5 Å². The molecule has 1 aliphatic carbocycles. The maximum Gasteiger partial charge on any atom is 0.0661 e. The summed E-state index contributed by atoms with van der Waals surface area (Å²) in [6.07, 6.45) is 3.90. The van der Waals surface area contributed by atoms with Gasteiger partial charge in [0.05, 0.1) is 12.1 Å². The number of hydrogen-bond donors (Lipinski definition) is 1. The van der Waals surface area contributed by atoms with Gasteiger partial charge < -0.3 is 10.5 Å². The van der Waals surface area contributed by atoms with Crippen molar-refractivity contribution in [3.8, 4) is 0 Å². The molecule has 0 aromatic heterocycles. The number of rotatable bonds is 5. The summed E-state index contributed by atoms with van der Waals surface area (Å²) in [6, 6.07) is 0. The third kappa shape index (κ3) is 3.03. The Hall–Kier alpha value is 0.230. The van der Waals surface area contributed by atoms with Gasteiger partial charge >= 0.3 is 0 Å². The van der Waals surface area contributed by atoms with E-state index in [9.17, 15) is 0 Å². The fraction of sp³-hybridized carbons (Fsp3) is 1.00. The minimum atomic E-state index is 0.107. The Morgan fingerprint density at radius 3 is 2.67 bits per heavy atom. The molecule has 0 aromatic carbocycles. The second-order valence-electron chi connectivity index (χ2n) is 6.36. The highest BCUT2D eigenvalue weighted by Gasteiger charge is 2.48. The van der Waals surface area contributed by atoms with Gasteiger partial charge in [0, 0.05) is 37.2 Å². The first-order valence-corrected chi connectivity index (χ1v) is 8.11. The molecular weight excluding hydrogens is 244 g/mol. The summed E-state index contributed by atoms with van der Waals surface area (Å²) >= 11 is 2.10. The Kier molecular flexibility index (Phi) is 4.63. The quantitative estimate of drug-likeness (QED) is 0.830. The van der Waals surface area contributed by atoms with Crippen LogP contribution in [0.5, 0.6) is 0 Å². The molecule has 4 heteroatoms. The lowest BCUT2D eigenvalue weighted by Gasteiger charge is -2.43. The second kappa shape index (κ2) is 5.70. The summed E-state index contributed by atoms with van der Waals surface area (Å²) in [6.45, 7) is 8.57. The van der Waals surface area contributed by atoms with Gasteiger partial charge in [0.25, 0.3) is 0 Å². The molecule has 2 fully saturated rings. The van der Waals surface area contributed by atoms with Crippen molar-refractivity contribution in [3.63, 3.8) is 0 Å². The van der Waals surface area contributed by atoms with E-state index in [1.54, 1.807) is 0 Å². The predicted octanol–water partition coefficient (Wildman–Crippen LogP) is 1.96. The average molecular weight is 272 g/mol. The minimum Gasteiger partial charge on any atom is -0.383 e. The number of methoxy groups -OCH3 is 1. The molecule has 3 nitrogen and oxygen atoms in total. The molecule has 0 bridgehead atoms. The second-order valence-corrected chi connectivity index (χ2v) is 8.16. The van der Waals surface area contributed by atoms with Crippen molar-refractivity contribution < 1.29 is 4.74 Å². The number of ether oxygens (including phenoxy) is 1. The number of thioether (sulfide) groups is 1. The van der Waals surface area contributed by atoms with Crippen molar-refractivity contribution >= 4 is 11.8 Å². The van der Waals surface area contributed by atoms with E-state index >= 15 is 0 Å². The van der Waals surface area contributed by atoms with Crippen LogP contribution in [0.1, 0.15) is 33.1 Å². The van der Waals surface area contributed by atoms with Gasteiger partial charge in [-0.1, -0.05) is 13.8 Å². The van der Waals surface area contributed by atoms with Gasteiger partial charge in [-0.15, -0.1) is 0 Å². The first-order valence-electron chi connectivity index (χ1n) is 7.12. The molecule has 0 aromatic rings. The topological polar surface area (TPSA) is 38.5 Å². The average Bonchev–Trinajstić information content (AvgIpc) is 3.14. The molecule has 2 N–H and O–H groups in total. The fourth-order valence-corrected chi connectivity index (χ4v) is 4.26. The van der Waals surface area contributed by atoms with Crippen LogP contribution in [-0.4, -0.2) is 54.3 Å². The van der Waals surface area contributed by atoms with Crippen LogP contribution < -0.4 is 5.73 Å². The highest BCUT2D eigenvalue weighted by atomic mass is 32.2. The van der Waals surface area contributed by atoms with Crippen LogP contribution in [0.2, 0.25) is 0 Å². The van der Waals surface area contributed by atoms with E-state index < -0.39 is 0 Å². The Labute approximate surface area is 116 Å². The van der Waals surface area contributed by atoms with Crippen LogP contribution in [0, 0.1) is 5.92 Å². The molecular formula is C14H28N2OS. The molecule has 1 aliphatic heterocycles. The zero-order valence-electron chi connectivity index (χ0n) is 12.1. The van der Waals surface area contributed by atoms with Gasteiger partial charge in [0.2, 0.25) is 0 Å². The Balaban J connectivity index is 2.10. The van der Waals surface area contributed by atoms with E-state index in [2.05, 4.69) is 30.5 Å². The highest BCUT2D eigenvalue weighted by Crippen LogP contribution is 2.44. The van der Waals surface area contributed by atoms with Crippen LogP contribution in [0.3, 0.4) is 0 Å². The molecule has 1 saturated heterocycles. The summed E-state index contributed by atoms with van der Waals surface area (Å²) in [7, 11) is 1.81. The molecule has 2 aliphatic rings. The van der Waals surface area contributed by atoms with Gasteiger partial charge in [-0.05, 0) is 25.2 Å². The first-order chi connectivity index (χ1) is 8.54. The molecule has 0 spiro atoms. The maximum atomic E-state index is 6.16. The van der Waals surface area contributed by atoms with Gasteiger partial charge in [0.15, 0.2) is 0 Å². The normalized spacial score (nSPS) is 28.7. The summed E-state index contributed by atoms with van der Waals surface area (Å²) in [4.78, 5) is 2.63. The van der Waals surface area contributed by atoms with E-state index in [1.165, 1.54) is 25.0 Å². The predicted molar refractivity (Wildman–Crippen MR) is 79.1 cm³/mol. The molecule has 1 unspecified atom stereocenters. The summed E-state index contributed by atoms with van der Waals surface area (Å²) < 4.78 is 5.93. The molecule has 0 amide bonds. The summed E-state index contributed by atoms with van der Waals surface area (Å²) in [5.74, 6) is 1.97. The molecule has 106 valence electrons. The van der Waals surface area contributed by atoms with Gasteiger partial charge in [-0.25, -0.2) is 0 Å². The molecule has 18 heavy (non-hydrogen) atoms. The van der Waals surface area contributed by atoms with Crippen LogP contribution in [0.15, 0.2) is 0 Å². The van der Waals surface area contributed by atoms with Crippen LogP contribution in [0.25, 0.3) is 0 Å². The van der Waals surface area contributed by atoms with E-state index in [0.717, 1.165) is 32.2 Å². The highest BCUT2D eigenvalue weighted by molar-refractivity contribution is 8.00. The first kappa shape index (κ1) is 14.6. The van der Waals surface area contributed by atoms with Crippen LogP contribution >= 0.6 is 11.8 Å². The van der Waals surface area contributed by atoms with Gasteiger partial charge in [-0.3, -0.25) is 4.90 Å². The fourth-order valence-electron chi connectivity index (χ4n) is 3.16. The summed E-state index contributed by atoms with van der Waals surface area (Å²) in [5, 5.41) is 0. The Morgan fingerprint density at radius 2 is 2.11 bits per heavy atom. The lowest BCUT2D eigenvalue weighted by atomic mass is 9.91. The van der Waals surface area contributed by atoms with E-state index in [0.29, 0.717) is 4.75 Å². The van der Waals surface area contributed by atoms with Crippen LogP contribution in [0.4, 0.5) is 0 Å². The third-order valence-corrected chi connectivity index (χ3v) is 5.92. The lowest BCUT2D eigenvalue weighted by molar-refractivity contribution is 0.00223. The van der Waals surface area contributed by atoms with Crippen molar-refractivity contribution in [2.24, 2.45) is 11.7 Å². The zero-order valence-corrected chi connectivity index (χ0v) is 12.9. The van der Waals surface area contributed by atoms with Crippen molar-refractivity contribution in [1.29, 1.82) is 0 Å². The monoisotopic (exact) mass is 272 g/mol. The van der Waals surface area contributed by atoms with E-state index in [1.807, 2.05) is 7.11 Å². The summed E-state index contributed by atoms with van der Waals surface area (Å²) in [5.41, 5.74) is 6.26. The number of nitrogens with two attached hydrogens (primary N) is 1. The Bertz CT molecular complexity index is 281. The molecule has 1 atom stereocenters. The van der Waals surface area contributed by atoms with E-state index in [-0.39, 0.29) is 5.54 Å². The van der Waals surface area contributed by atoms with Crippen molar-refractivity contribution in [2.45, 2.75) is 43.4 Å².